The van der Waals surface area contributed by atoms with Crippen molar-refractivity contribution in [3.8, 4) is 0 Å². The number of rotatable bonds is 5. The zero-order chi connectivity index (χ0) is 21.8. The largest absolute Gasteiger partial charge is 0.325 e. The van der Waals surface area contributed by atoms with Gasteiger partial charge in [0.1, 0.15) is 6.54 Å². The zero-order valence-electron chi connectivity index (χ0n) is 17.1. The zero-order valence-corrected chi connectivity index (χ0v) is 17.9. The Morgan fingerprint density at radius 2 is 1.65 bits per heavy atom. The van der Waals surface area contributed by atoms with E-state index in [0.717, 1.165) is 16.1 Å². The Kier molecular flexibility index (Phi) is 6.18. The average molecular weight is 431 g/mol. The van der Waals surface area contributed by atoms with Crippen molar-refractivity contribution in [2.24, 2.45) is 0 Å². The molecule has 1 heterocycles. The van der Waals surface area contributed by atoms with Gasteiger partial charge in [-0.15, -0.1) is 11.8 Å². The van der Waals surface area contributed by atoms with Gasteiger partial charge >= 0.3 is 0 Å². The van der Waals surface area contributed by atoms with Gasteiger partial charge in [-0.2, -0.15) is 0 Å². The highest BCUT2D eigenvalue weighted by molar-refractivity contribution is 7.99. The van der Waals surface area contributed by atoms with Gasteiger partial charge in [-0.05, 0) is 48.9 Å². The fraction of sp³-hybridized carbons (Fsp3) is 0.160. The van der Waals surface area contributed by atoms with E-state index in [0.29, 0.717) is 17.7 Å². The number of benzene rings is 3. The van der Waals surface area contributed by atoms with Gasteiger partial charge in [-0.3, -0.25) is 14.4 Å². The highest BCUT2D eigenvalue weighted by Crippen LogP contribution is 2.45. The van der Waals surface area contributed by atoms with Crippen LogP contribution in [0, 0.1) is 0 Å². The third-order valence-electron chi connectivity index (χ3n) is 5.13. The molecule has 1 atom stereocenters. The van der Waals surface area contributed by atoms with Crippen molar-refractivity contribution < 1.29 is 14.4 Å². The van der Waals surface area contributed by atoms with Crippen LogP contribution >= 0.6 is 11.8 Å². The summed E-state index contributed by atoms with van der Waals surface area (Å²) < 4.78 is 0. The molecule has 31 heavy (non-hydrogen) atoms. The van der Waals surface area contributed by atoms with Crippen LogP contribution < -0.4 is 10.2 Å². The first kappa shape index (κ1) is 20.9. The number of ketones is 1. The van der Waals surface area contributed by atoms with Gasteiger partial charge in [0.25, 0.3) is 0 Å². The molecule has 6 heteroatoms. The average Bonchev–Trinajstić information content (AvgIpc) is 2.91. The van der Waals surface area contributed by atoms with E-state index >= 15 is 0 Å². The standard InChI is InChI=1S/C25H22N2O3S/c1-17(28)18-11-13-20(14-12-18)26-24(29)16-27-21-9-5-6-10-22(21)31-23(15-25(27)30)19-7-3-2-4-8-19/h2-14,23H,15-16H2,1H3,(H,26,29). The van der Waals surface area contributed by atoms with Crippen LogP contribution in [0.1, 0.15) is 34.5 Å². The summed E-state index contributed by atoms with van der Waals surface area (Å²) in [6, 6.07) is 24.4. The second kappa shape index (κ2) is 9.18. The van der Waals surface area contributed by atoms with E-state index in [-0.39, 0.29) is 29.4 Å². The van der Waals surface area contributed by atoms with Crippen molar-refractivity contribution in [2.45, 2.75) is 23.5 Å². The predicted octanol–water partition coefficient (Wildman–Crippen LogP) is 5.10. The fourth-order valence-electron chi connectivity index (χ4n) is 3.54. The number of para-hydroxylation sites is 1. The number of hydrogen-bond donors (Lipinski definition) is 1. The Balaban J connectivity index is 1.54. The molecule has 0 aliphatic carbocycles. The van der Waals surface area contributed by atoms with Crippen molar-refractivity contribution in [1.29, 1.82) is 0 Å². The second-order valence-corrected chi connectivity index (χ2v) is 8.60. The maximum Gasteiger partial charge on any atom is 0.244 e. The topological polar surface area (TPSA) is 66.5 Å². The number of anilines is 2. The SMILES string of the molecule is CC(=O)c1ccc(NC(=O)CN2C(=O)CC(c3ccccc3)Sc3ccccc32)cc1. The lowest BCUT2D eigenvalue weighted by Gasteiger charge is -2.22. The number of carbonyl (C=O) groups excluding carboxylic acids is 3. The van der Waals surface area contributed by atoms with Crippen LogP contribution in [0.4, 0.5) is 11.4 Å². The normalized spacial score (nSPS) is 15.7. The molecule has 0 spiro atoms. The molecule has 0 bridgehead atoms. The first-order valence-electron chi connectivity index (χ1n) is 10.0. The molecule has 1 aliphatic rings. The van der Waals surface area contributed by atoms with Crippen LogP contribution in [0.25, 0.3) is 0 Å². The lowest BCUT2D eigenvalue weighted by atomic mass is 10.1. The molecule has 1 aliphatic heterocycles. The molecule has 3 aromatic rings. The van der Waals surface area contributed by atoms with Gasteiger partial charge in [-0.1, -0.05) is 42.5 Å². The maximum atomic E-state index is 13.2. The van der Waals surface area contributed by atoms with Crippen molar-refractivity contribution >= 4 is 40.7 Å². The summed E-state index contributed by atoms with van der Waals surface area (Å²) in [7, 11) is 0. The van der Waals surface area contributed by atoms with Crippen LogP contribution in [0.5, 0.6) is 0 Å². The third kappa shape index (κ3) is 4.86. The van der Waals surface area contributed by atoms with Gasteiger partial charge in [0, 0.05) is 27.8 Å². The van der Waals surface area contributed by atoms with Gasteiger partial charge < -0.3 is 10.2 Å². The van der Waals surface area contributed by atoms with E-state index in [2.05, 4.69) is 5.32 Å². The summed E-state index contributed by atoms with van der Waals surface area (Å²) in [6.45, 7) is 1.42. The number of thioether (sulfide) groups is 1. The molecular formula is C25H22N2O3S. The first-order chi connectivity index (χ1) is 15.0. The summed E-state index contributed by atoms with van der Waals surface area (Å²) in [5, 5.41) is 2.81. The number of fused-ring (bicyclic) bond motifs is 1. The first-order valence-corrected chi connectivity index (χ1v) is 10.9. The summed E-state index contributed by atoms with van der Waals surface area (Å²) in [5.74, 6) is -0.412. The monoisotopic (exact) mass is 430 g/mol. The van der Waals surface area contributed by atoms with Crippen LogP contribution in [0.3, 0.4) is 0 Å². The molecule has 156 valence electrons. The maximum absolute atomic E-state index is 13.2. The molecule has 0 saturated carbocycles. The lowest BCUT2D eigenvalue weighted by molar-refractivity contribution is -0.121. The van der Waals surface area contributed by atoms with E-state index in [1.54, 1.807) is 40.9 Å². The second-order valence-electron chi connectivity index (χ2n) is 7.35. The van der Waals surface area contributed by atoms with E-state index in [1.807, 2.05) is 54.6 Å². The molecule has 2 amide bonds. The van der Waals surface area contributed by atoms with Crippen LogP contribution in [0.2, 0.25) is 0 Å². The van der Waals surface area contributed by atoms with Crippen LogP contribution in [0.15, 0.2) is 83.8 Å². The molecule has 0 aromatic heterocycles. The van der Waals surface area contributed by atoms with Crippen molar-refractivity contribution in [3.63, 3.8) is 0 Å². The minimum atomic E-state index is -0.290. The third-order valence-corrected chi connectivity index (χ3v) is 6.46. The van der Waals surface area contributed by atoms with E-state index in [4.69, 9.17) is 0 Å². The fourth-order valence-corrected chi connectivity index (χ4v) is 4.82. The van der Waals surface area contributed by atoms with Crippen LogP contribution in [-0.2, 0) is 9.59 Å². The minimum absolute atomic E-state index is 0.0120. The summed E-state index contributed by atoms with van der Waals surface area (Å²) in [6.07, 6.45) is 0.309. The Morgan fingerprint density at radius 3 is 2.35 bits per heavy atom. The predicted molar refractivity (Wildman–Crippen MR) is 124 cm³/mol. The quantitative estimate of drug-likeness (QED) is 0.572. The Bertz CT molecular complexity index is 1110. The molecule has 1 unspecified atom stereocenters. The number of amides is 2. The number of nitrogens with one attached hydrogen (secondary N) is 1. The van der Waals surface area contributed by atoms with Gasteiger partial charge in [0.2, 0.25) is 11.8 Å². The molecule has 3 aromatic carbocycles. The molecular weight excluding hydrogens is 408 g/mol. The number of carbonyl (C=O) groups is 3. The Hall–Kier alpha value is -3.38. The highest BCUT2D eigenvalue weighted by atomic mass is 32.2. The number of nitrogens with zero attached hydrogens (tertiary/aromatic N) is 1. The molecule has 1 N–H and O–H groups in total. The summed E-state index contributed by atoms with van der Waals surface area (Å²) in [5.41, 5.74) is 3.01. The molecule has 4 rings (SSSR count). The molecule has 0 saturated heterocycles. The molecule has 0 radical (unpaired) electrons. The van der Waals surface area contributed by atoms with Crippen molar-refractivity contribution in [1.82, 2.24) is 0 Å². The Labute approximate surface area is 185 Å². The van der Waals surface area contributed by atoms with Crippen LogP contribution in [-0.4, -0.2) is 24.1 Å². The molecule has 0 fully saturated rings. The highest BCUT2D eigenvalue weighted by Gasteiger charge is 2.30. The van der Waals surface area contributed by atoms with E-state index in [1.165, 1.54) is 6.92 Å². The number of Topliss-reactive ketones (excluding diaryl/α,β-unsaturated/α-hetero) is 1. The summed E-state index contributed by atoms with van der Waals surface area (Å²) in [4.78, 5) is 39.9. The van der Waals surface area contributed by atoms with E-state index in [9.17, 15) is 14.4 Å². The number of hydrogen-bond acceptors (Lipinski definition) is 4. The van der Waals surface area contributed by atoms with Crippen molar-refractivity contribution in [2.75, 3.05) is 16.8 Å². The Morgan fingerprint density at radius 1 is 0.968 bits per heavy atom. The minimum Gasteiger partial charge on any atom is -0.325 e. The molecule has 5 nitrogen and oxygen atoms in total. The van der Waals surface area contributed by atoms with Gasteiger partial charge in [0.15, 0.2) is 5.78 Å². The van der Waals surface area contributed by atoms with Gasteiger partial charge in [0.05, 0.1) is 5.69 Å². The lowest BCUT2D eigenvalue weighted by Crippen LogP contribution is -2.38. The smallest absolute Gasteiger partial charge is 0.244 e. The van der Waals surface area contributed by atoms with Crippen molar-refractivity contribution in [3.05, 3.63) is 90.0 Å². The van der Waals surface area contributed by atoms with E-state index < -0.39 is 0 Å². The summed E-state index contributed by atoms with van der Waals surface area (Å²) >= 11 is 1.65. The van der Waals surface area contributed by atoms with Gasteiger partial charge in [-0.25, -0.2) is 0 Å².